The lowest BCUT2D eigenvalue weighted by atomic mass is 9.95. The van der Waals surface area contributed by atoms with Gasteiger partial charge < -0.3 is 40.9 Å². The molecule has 0 aliphatic heterocycles. The van der Waals surface area contributed by atoms with Crippen molar-refractivity contribution in [1.29, 1.82) is 0 Å². The highest BCUT2D eigenvalue weighted by Crippen LogP contribution is 2.17. The predicted octanol–water partition coefficient (Wildman–Crippen LogP) is 8.01. The molecule has 4 rings (SSSR count). The summed E-state index contributed by atoms with van der Waals surface area (Å²) in [6.45, 7) is 11.4. The fourth-order valence-electron chi connectivity index (χ4n) is 3.84. The maximum Gasteiger partial charge on any atom is 0.335 e. The normalized spacial score (nSPS) is 12.4. The summed E-state index contributed by atoms with van der Waals surface area (Å²) in [4.78, 5) is 40.8. The molecule has 0 bridgehead atoms. The van der Waals surface area contributed by atoms with Crippen LogP contribution in [0.4, 0.5) is 0 Å². The Kier molecular flexibility index (Phi) is 29.1. The summed E-state index contributed by atoms with van der Waals surface area (Å²) in [5.41, 5.74) is 0.639. The molecule has 308 valence electrons. The monoisotopic (exact) mass is 780 g/mol. The summed E-state index contributed by atoms with van der Waals surface area (Å²) in [6.07, 6.45) is 2.10. The van der Waals surface area contributed by atoms with E-state index >= 15 is 0 Å². The zero-order valence-electron chi connectivity index (χ0n) is 33.1. The van der Waals surface area contributed by atoms with E-state index in [1.807, 2.05) is 34.6 Å². The smallest absolute Gasteiger partial charge is 0.335 e. The SMILES string of the molecule is CCC(O)CC(C)(O)CC.CCC(O)CC(O)C(C)C.O=C(O)c1ccccc1.O=C(O)c1ccccc1.O=C(O)c1ccccc1.O=C(O)c1ccccc1. The summed E-state index contributed by atoms with van der Waals surface area (Å²) < 4.78 is 0. The van der Waals surface area contributed by atoms with Gasteiger partial charge in [0.15, 0.2) is 0 Å². The Balaban J connectivity index is 0. The summed E-state index contributed by atoms with van der Waals surface area (Å²) >= 11 is 0. The van der Waals surface area contributed by atoms with Gasteiger partial charge in [0.05, 0.1) is 46.2 Å². The van der Waals surface area contributed by atoms with Crippen LogP contribution < -0.4 is 0 Å². The van der Waals surface area contributed by atoms with E-state index in [4.69, 9.17) is 30.6 Å². The van der Waals surface area contributed by atoms with Crippen LogP contribution in [0.3, 0.4) is 0 Å². The molecule has 0 saturated heterocycles. The molecule has 0 saturated carbocycles. The van der Waals surface area contributed by atoms with E-state index in [9.17, 15) is 29.4 Å². The number of rotatable bonds is 12. The second kappa shape index (κ2) is 30.9. The number of carboxylic acid groups (broad SMARTS) is 4. The molecule has 0 amide bonds. The lowest BCUT2D eigenvalue weighted by molar-refractivity contribution is 0.000170. The van der Waals surface area contributed by atoms with Gasteiger partial charge in [0.1, 0.15) is 0 Å². The lowest BCUT2D eigenvalue weighted by Gasteiger charge is -2.23. The standard InChI is InChI=1S/2C8H18O2.4C7H6O2/c1-4-7(9)5-8(10)6(2)3;1-4-7(9)6-8(3,10)5-2;4*8-7(9)6-4-2-1-3-5-6/h6-10H,4-5H2,1-3H3;7,9-10H,4-6H2,1-3H3;4*1-5H,(H,8,9). The first-order valence-electron chi connectivity index (χ1n) is 18.2. The fourth-order valence-corrected chi connectivity index (χ4v) is 3.84. The molecular weight excluding hydrogens is 720 g/mol. The number of benzene rings is 4. The molecule has 0 aromatic heterocycles. The Labute approximate surface area is 330 Å². The molecule has 12 heteroatoms. The Morgan fingerprint density at radius 2 is 0.750 bits per heavy atom. The minimum atomic E-state index is -0.879. The van der Waals surface area contributed by atoms with Crippen LogP contribution in [0.1, 0.15) is 115 Å². The molecule has 4 atom stereocenters. The van der Waals surface area contributed by atoms with Gasteiger partial charge in [0.25, 0.3) is 0 Å². The first-order valence-corrected chi connectivity index (χ1v) is 18.2. The fraction of sp³-hybridized carbons (Fsp3) is 0.364. The van der Waals surface area contributed by atoms with Gasteiger partial charge in [-0.15, -0.1) is 0 Å². The largest absolute Gasteiger partial charge is 0.478 e. The van der Waals surface area contributed by atoms with E-state index < -0.39 is 29.5 Å². The highest BCUT2D eigenvalue weighted by Gasteiger charge is 2.20. The van der Waals surface area contributed by atoms with Crippen molar-refractivity contribution in [3.05, 3.63) is 144 Å². The van der Waals surface area contributed by atoms with Crippen LogP contribution >= 0.6 is 0 Å². The maximum atomic E-state index is 10.2. The van der Waals surface area contributed by atoms with Crippen LogP contribution in [0.2, 0.25) is 0 Å². The van der Waals surface area contributed by atoms with Gasteiger partial charge in [-0.2, -0.15) is 0 Å². The minimum Gasteiger partial charge on any atom is -0.478 e. The van der Waals surface area contributed by atoms with Crippen molar-refractivity contribution in [3.63, 3.8) is 0 Å². The first kappa shape index (κ1) is 52.7. The molecule has 0 aliphatic rings. The van der Waals surface area contributed by atoms with Crippen LogP contribution in [0, 0.1) is 5.92 Å². The van der Waals surface area contributed by atoms with Crippen molar-refractivity contribution in [1.82, 2.24) is 0 Å². The molecule has 4 aromatic rings. The third-order valence-electron chi connectivity index (χ3n) is 7.75. The third-order valence-corrected chi connectivity index (χ3v) is 7.75. The van der Waals surface area contributed by atoms with Crippen molar-refractivity contribution in [2.24, 2.45) is 5.92 Å². The molecule has 4 aromatic carbocycles. The van der Waals surface area contributed by atoms with Crippen molar-refractivity contribution in [2.75, 3.05) is 0 Å². The Bertz CT molecular complexity index is 1400. The Hall–Kier alpha value is -5.40. The van der Waals surface area contributed by atoms with Gasteiger partial charge in [-0.3, -0.25) is 0 Å². The molecule has 8 N–H and O–H groups in total. The van der Waals surface area contributed by atoms with Crippen LogP contribution in [-0.4, -0.2) is 88.6 Å². The minimum absolute atomic E-state index is 0.251. The Morgan fingerprint density at radius 3 is 0.911 bits per heavy atom. The number of aromatic carboxylic acids is 4. The number of carbonyl (C=O) groups is 4. The molecule has 12 nitrogen and oxygen atoms in total. The van der Waals surface area contributed by atoms with Crippen LogP contribution in [0.15, 0.2) is 121 Å². The highest BCUT2D eigenvalue weighted by atomic mass is 16.4. The molecule has 0 spiro atoms. The van der Waals surface area contributed by atoms with Crippen LogP contribution in [0.25, 0.3) is 0 Å². The summed E-state index contributed by atoms with van der Waals surface area (Å²) in [5.74, 6) is -3.27. The summed E-state index contributed by atoms with van der Waals surface area (Å²) in [5, 5.41) is 70.6. The average molecular weight is 781 g/mol. The summed E-state index contributed by atoms with van der Waals surface area (Å²) in [7, 11) is 0. The summed E-state index contributed by atoms with van der Waals surface area (Å²) in [6, 6.07) is 33.2. The zero-order valence-corrected chi connectivity index (χ0v) is 33.1. The molecular formula is C44H60O12. The second-order valence-electron chi connectivity index (χ2n) is 12.9. The molecule has 0 aliphatic carbocycles. The number of hydrogen-bond donors (Lipinski definition) is 8. The van der Waals surface area contributed by atoms with Gasteiger partial charge in [-0.1, -0.05) is 107 Å². The lowest BCUT2D eigenvalue weighted by Crippen LogP contribution is -2.28. The maximum absolute atomic E-state index is 10.2. The molecule has 0 heterocycles. The molecule has 0 fully saturated rings. The third kappa shape index (κ3) is 28.1. The quantitative estimate of drug-likeness (QED) is 0.0683. The number of hydrogen-bond acceptors (Lipinski definition) is 8. The molecule has 56 heavy (non-hydrogen) atoms. The Morgan fingerprint density at radius 1 is 0.500 bits per heavy atom. The zero-order chi connectivity index (χ0) is 43.1. The van der Waals surface area contributed by atoms with E-state index in [2.05, 4.69) is 0 Å². The number of aliphatic hydroxyl groups is 4. The van der Waals surface area contributed by atoms with E-state index in [-0.39, 0.29) is 24.2 Å². The van der Waals surface area contributed by atoms with Gasteiger partial charge in [0.2, 0.25) is 0 Å². The van der Waals surface area contributed by atoms with Crippen molar-refractivity contribution in [3.8, 4) is 0 Å². The second-order valence-corrected chi connectivity index (χ2v) is 12.9. The predicted molar refractivity (Wildman–Crippen MR) is 217 cm³/mol. The van der Waals surface area contributed by atoms with Crippen molar-refractivity contribution >= 4 is 23.9 Å². The average Bonchev–Trinajstić information content (AvgIpc) is 3.20. The van der Waals surface area contributed by atoms with E-state index in [0.717, 1.165) is 12.8 Å². The van der Waals surface area contributed by atoms with Crippen LogP contribution in [-0.2, 0) is 0 Å². The van der Waals surface area contributed by atoms with E-state index in [1.54, 1.807) is 128 Å². The van der Waals surface area contributed by atoms with Gasteiger partial charge >= 0.3 is 23.9 Å². The first-order chi connectivity index (χ1) is 26.3. The van der Waals surface area contributed by atoms with E-state index in [0.29, 0.717) is 41.5 Å². The number of carboxylic acids is 4. The molecule has 4 unspecified atom stereocenters. The van der Waals surface area contributed by atoms with Gasteiger partial charge in [-0.05, 0) is 87.1 Å². The van der Waals surface area contributed by atoms with Crippen molar-refractivity contribution in [2.45, 2.75) is 97.6 Å². The number of aliphatic hydroxyl groups excluding tert-OH is 3. The topological polar surface area (TPSA) is 230 Å². The molecule has 0 radical (unpaired) electrons. The highest BCUT2D eigenvalue weighted by molar-refractivity contribution is 5.88. The van der Waals surface area contributed by atoms with E-state index in [1.165, 1.54) is 0 Å². The van der Waals surface area contributed by atoms with Gasteiger partial charge in [-0.25, -0.2) is 19.2 Å². The van der Waals surface area contributed by atoms with Crippen molar-refractivity contribution < 1.29 is 60.0 Å². The van der Waals surface area contributed by atoms with Crippen LogP contribution in [0.5, 0.6) is 0 Å². The van der Waals surface area contributed by atoms with Gasteiger partial charge in [0, 0.05) is 6.42 Å².